The maximum absolute atomic E-state index is 13.9. The van der Waals surface area contributed by atoms with E-state index in [0.717, 1.165) is 56.5 Å². The number of unbranched alkanes of at least 4 members (excludes halogenated alkanes) is 1. The lowest BCUT2D eigenvalue weighted by Gasteiger charge is -2.09. The number of hydrogen-bond acceptors (Lipinski definition) is 2. The number of aromatic amines is 2. The monoisotopic (exact) mass is 406 g/mol. The SMILES string of the molecule is N=C(N)CCCCOc1c2[nH]c3ccc(F)cc3c2cc2c1[nH]c1ccc(F)cc12. The number of amidine groups is 1. The van der Waals surface area contributed by atoms with E-state index in [-0.39, 0.29) is 17.5 Å². The van der Waals surface area contributed by atoms with Crippen LogP contribution in [0.25, 0.3) is 43.6 Å². The predicted molar refractivity (Wildman–Crippen MR) is 116 cm³/mol. The second-order valence-corrected chi connectivity index (χ2v) is 7.51. The third-order valence-electron chi connectivity index (χ3n) is 5.43. The number of halogens is 2. The van der Waals surface area contributed by atoms with Crippen molar-refractivity contribution in [3.8, 4) is 5.75 Å². The minimum Gasteiger partial charge on any atom is -0.489 e. The molecule has 0 bridgehead atoms. The van der Waals surface area contributed by atoms with Crippen molar-refractivity contribution >= 4 is 49.4 Å². The van der Waals surface area contributed by atoms with Crippen LogP contribution in [0.5, 0.6) is 5.75 Å². The van der Waals surface area contributed by atoms with E-state index in [9.17, 15) is 8.78 Å². The van der Waals surface area contributed by atoms with Gasteiger partial charge in [0.15, 0.2) is 5.75 Å². The maximum atomic E-state index is 13.9. The van der Waals surface area contributed by atoms with E-state index in [4.69, 9.17) is 15.9 Å². The van der Waals surface area contributed by atoms with Gasteiger partial charge in [0.25, 0.3) is 0 Å². The Morgan fingerprint density at radius 3 is 1.93 bits per heavy atom. The van der Waals surface area contributed by atoms with E-state index in [1.165, 1.54) is 24.3 Å². The highest BCUT2D eigenvalue weighted by Gasteiger charge is 2.18. The zero-order valence-electron chi connectivity index (χ0n) is 16.1. The fourth-order valence-corrected chi connectivity index (χ4v) is 4.03. The van der Waals surface area contributed by atoms with Gasteiger partial charge in [-0.3, -0.25) is 5.41 Å². The first kappa shape index (κ1) is 18.4. The number of benzene rings is 3. The normalized spacial score (nSPS) is 11.8. The van der Waals surface area contributed by atoms with Gasteiger partial charge < -0.3 is 20.4 Å². The number of fused-ring (bicyclic) bond motifs is 6. The van der Waals surface area contributed by atoms with Crippen LogP contribution < -0.4 is 10.5 Å². The molecule has 0 fully saturated rings. The highest BCUT2D eigenvalue weighted by molar-refractivity contribution is 6.20. The van der Waals surface area contributed by atoms with Gasteiger partial charge >= 0.3 is 0 Å². The fraction of sp³-hybridized carbons (Fsp3) is 0.174. The minimum absolute atomic E-state index is 0.162. The number of nitrogens with one attached hydrogen (secondary N) is 3. The van der Waals surface area contributed by atoms with Crippen LogP contribution in [0, 0.1) is 17.0 Å². The summed E-state index contributed by atoms with van der Waals surface area (Å²) in [5, 5.41) is 10.5. The van der Waals surface area contributed by atoms with Crippen LogP contribution >= 0.6 is 0 Å². The molecule has 0 saturated carbocycles. The molecule has 5 rings (SSSR count). The van der Waals surface area contributed by atoms with Crippen LogP contribution in [0.3, 0.4) is 0 Å². The summed E-state index contributed by atoms with van der Waals surface area (Å²) >= 11 is 0. The minimum atomic E-state index is -0.319. The van der Waals surface area contributed by atoms with Crippen molar-refractivity contribution in [2.75, 3.05) is 6.61 Å². The molecule has 2 aromatic heterocycles. The van der Waals surface area contributed by atoms with Crippen LogP contribution in [-0.2, 0) is 0 Å². The Morgan fingerprint density at radius 1 is 0.833 bits per heavy atom. The van der Waals surface area contributed by atoms with E-state index in [2.05, 4.69) is 9.97 Å². The zero-order valence-corrected chi connectivity index (χ0v) is 16.1. The molecule has 5 nitrogen and oxygen atoms in total. The van der Waals surface area contributed by atoms with Crippen LogP contribution in [0.2, 0.25) is 0 Å². The molecule has 5 aromatic rings. The maximum Gasteiger partial charge on any atom is 0.167 e. The molecule has 0 spiro atoms. The second kappa shape index (κ2) is 7.02. The summed E-state index contributed by atoms with van der Waals surface area (Å²) in [5.41, 5.74) is 8.55. The van der Waals surface area contributed by atoms with Gasteiger partial charge in [-0.1, -0.05) is 0 Å². The Balaban J connectivity index is 1.71. The predicted octanol–water partition coefficient (Wildman–Crippen LogP) is 5.72. The topological polar surface area (TPSA) is 90.7 Å². The molecule has 0 aliphatic carbocycles. The molecule has 0 aliphatic rings. The largest absolute Gasteiger partial charge is 0.489 e. The Labute approximate surface area is 170 Å². The Bertz CT molecular complexity index is 1340. The summed E-state index contributed by atoms with van der Waals surface area (Å²) in [7, 11) is 0. The Hall–Kier alpha value is -3.61. The molecule has 0 atom stereocenters. The van der Waals surface area contributed by atoms with Gasteiger partial charge in [0, 0.05) is 39.0 Å². The third-order valence-corrected chi connectivity index (χ3v) is 5.43. The zero-order chi connectivity index (χ0) is 20.8. The third kappa shape index (κ3) is 3.03. The number of hydrogen-bond donors (Lipinski definition) is 4. The summed E-state index contributed by atoms with van der Waals surface area (Å²) in [4.78, 5) is 6.68. The van der Waals surface area contributed by atoms with E-state index < -0.39 is 0 Å². The van der Waals surface area contributed by atoms with Crippen molar-refractivity contribution in [3.63, 3.8) is 0 Å². The number of rotatable bonds is 6. The first-order chi connectivity index (χ1) is 14.5. The van der Waals surface area contributed by atoms with E-state index in [0.29, 0.717) is 18.8 Å². The lowest BCUT2D eigenvalue weighted by Crippen LogP contribution is -2.09. The molecule has 5 N–H and O–H groups in total. The first-order valence-electron chi connectivity index (χ1n) is 9.82. The molecular weight excluding hydrogens is 386 g/mol. The van der Waals surface area contributed by atoms with Gasteiger partial charge in [0.05, 0.1) is 23.5 Å². The number of ether oxygens (including phenoxy) is 1. The van der Waals surface area contributed by atoms with Gasteiger partial charge in [-0.05, 0) is 55.3 Å². The number of aromatic nitrogens is 2. The lowest BCUT2D eigenvalue weighted by molar-refractivity contribution is 0.314. The van der Waals surface area contributed by atoms with Gasteiger partial charge in [-0.25, -0.2) is 8.78 Å². The van der Waals surface area contributed by atoms with Crippen molar-refractivity contribution in [3.05, 3.63) is 54.1 Å². The molecule has 152 valence electrons. The highest BCUT2D eigenvalue weighted by Crippen LogP contribution is 2.41. The van der Waals surface area contributed by atoms with Crippen molar-refractivity contribution in [2.45, 2.75) is 19.3 Å². The van der Waals surface area contributed by atoms with Crippen molar-refractivity contribution in [1.29, 1.82) is 5.41 Å². The van der Waals surface area contributed by atoms with Crippen LogP contribution in [0.15, 0.2) is 42.5 Å². The lowest BCUT2D eigenvalue weighted by atomic mass is 10.1. The highest BCUT2D eigenvalue weighted by atomic mass is 19.1. The molecule has 0 unspecified atom stereocenters. The van der Waals surface area contributed by atoms with Gasteiger partial charge in [0.2, 0.25) is 0 Å². The van der Waals surface area contributed by atoms with E-state index in [1.54, 1.807) is 12.1 Å². The molecule has 2 heterocycles. The first-order valence-corrected chi connectivity index (χ1v) is 9.82. The molecule has 30 heavy (non-hydrogen) atoms. The van der Waals surface area contributed by atoms with Crippen molar-refractivity contribution in [1.82, 2.24) is 9.97 Å². The Kier molecular flexibility index (Phi) is 4.31. The summed E-state index contributed by atoms with van der Waals surface area (Å²) in [6, 6.07) is 11.2. The summed E-state index contributed by atoms with van der Waals surface area (Å²) in [6.07, 6.45) is 2.02. The molecule has 0 saturated heterocycles. The standard InChI is InChI=1S/C23H20F2N4O/c24-12-4-6-18-14(9-12)16-11-17-15-10-13(25)5-7-19(15)29-22(17)23(21(16)28-18)30-8-2-1-3-20(26)27/h4-7,9-11,28-29H,1-3,8H2,(H3,26,27). The molecule has 7 heteroatoms. The van der Waals surface area contributed by atoms with Crippen LogP contribution in [0.4, 0.5) is 8.78 Å². The Morgan fingerprint density at radius 2 is 1.40 bits per heavy atom. The average Bonchev–Trinajstić information content (AvgIpc) is 3.25. The van der Waals surface area contributed by atoms with Crippen molar-refractivity contribution in [2.24, 2.45) is 5.73 Å². The van der Waals surface area contributed by atoms with E-state index >= 15 is 0 Å². The average molecular weight is 406 g/mol. The fourth-order valence-electron chi connectivity index (χ4n) is 4.03. The van der Waals surface area contributed by atoms with Gasteiger partial charge in [-0.2, -0.15) is 0 Å². The van der Waals surface area contributed by atoms with Crippen LogP contribution in [-0.4, -0.2) is 22.4 Å². The summed E-state index contributed by atoms with van der Waals surface area (Å²) < 4.78 is 34.0. The molecule has 0 radical (unpaired) electrons. The van der Waals surface area contributed by atoms with Gasteiger partial charge in [0.1, 0.15) is 11.6 Å². The smallest absolute Gasteiger partial charge is 0.167 e. The number of nitrogens with two attached hydrogens (primary N) is 1. The molecule has 3 aromatic carbocycles. The van der Waals surface area contributed by atoms with Crippen molar-refractivity contribution < 1.29 is 13.5 Å². The second-order valence-electron chi connectivity index (χ2n) is 7.51. The molecule has 0 amide bonds. The molecule has 0 aliphatic heterocycles. The quantitative estimate of drug-likeness (QED) is 0.165. The van der Waals surface area contributed by atoms with E-state index in [1.807, 2.05) is 6.07 Å². The van der Waals surface area contributed by atoms with Gasteiger partial charge in [-0.15, -0.1) is 0 Å². The summed E-state index contributed by atoms with van der Waals surface area (Å²) in [5.74, 6) is 0.147. The summed E-state index contributed by atoms with van der Waals surface area (Å²) in [6.45, 7) is 0.439. The molecular formula is C23H20F2N4O. The van der Waals surface area contributed by atoms with Crippen LogP contribution in [0.1, 0.15) is 19.3 Å². The number of H-pyrrole nitrogens is 2.